The van der Waals surface area contributed by atoms with Crippen molar-refractivity contribution in [3.8, 4) is 0 Å². The van der Waals surface area contributed by atoms with E-state index in [0.717, 1.165) is 18.3 Å². The second-order valence-electron chi connectivity index (χ2n) is 9.49. The number of unbranched alkanes of at least 4 members (excludes halogenated alkanes) is 14. The van der Waals surface area contributed by atoms with Gasteiger partial charge in [0.15, 0.2) is 0 Å². The maximum atomic E-state index is 8.92. The molecular formula is C26H52O3. The SMILES string of the molecule is CCCCCCCC[C@H]1C[C@H]1CCCCCCCCCCCCOC(CO)CO. The van der Waals surface area contributed by atoms with E-state index in [1.165, 1.54) is 109 Å². The maximum Gasteiger partial charge on any atom is 0.104 e. The number of aliphatic hydroxyl groups is 2. The summed E-state index contributed by atoms with van der Waals surface area (Å²) in [5.41, 5.74) is 0. The summed E-state index contributed by atoms with van der Waals surface area (Å²) in [6, 6.07) is 0. The van der Waals surface area contributed by atoms with Crippen LogP contribution in [0.15, 0.2) is 0 Å². The lowest BCUT2D eigenvalue weighted by Crippen LogP contribution is -2.22. The van der Waals surface area contributed by atoms with Gasteiger partial charge < -0.3 is 14.9 Å². The van der Waals surface area contributed by atoms with Crippen LogP contribution in [0.3, 0.4) is 0 Å². The fourth-order valence-electron chi connectivity index (χ4n) is 4.54. The highest BCUT2D eigenvalue weighted by Crippen LogP contribution is 2.45. The summed E-state index contributed by atoms with van der Waals surface area (Å²) in [6.07, 6.45) is 26.3. The van der Waals surface area contributed by atoms with Gasteiger partial charge in [0, 0.05) is 6.61 Å². The van der Waals surface area contributed by atoms with Gasteiger partial charge in [0.25, 0.3) is 0 Å². The molecule has 1 aliphatic rings. The van der Waals surface area contributed by atoms with Gasteiger partial charge in [0.2, 0.25) is 0 Å². The van der Waals surface area contributed by atoms with E-state index >= 15 is 0 Å². The van der Waals surface area contributed by atoms with Crippen LogP contribution in [-0.2, 0) is 4.74 Å². The molecule has 1 saturated carbocycles. The molecule has 0 aromatic rings. The summed E-state index contributed by atoms with van der Waals surface area (Å²) < 4.78 is 5.39. The molecule has 0 bridgehead atoms. The first-order valence-corrected chi connectivity index (χ1v) is 13.1. The minimum absolute atomic E-state index is 0.0864. The topological polar surface area (TPSA) is 49.7 Å². The Bertz CT molecular complexity index is 330. The number of ether oxygens (including phenoxy) is 1. The Morgan fingerprint density at radius 1 is 0.621 bits per heavy atom. The predicted molar refractivity (Wildman–Crippen MR) is 124 cm³/mol. The minimum atomic E-state index is -0.388. The first kappa shape index (κ1) is 26.9. The molecule has 2 N–H and O–H groups in total. The molecule has 0 unspecified atom stereocenters. The van der Waals surface area contributed by atoms with Crippen LogP contribution in [0.5, 0.6) is 0 Å². The van der Waals surface area contributed by atoms with Crippen molar-refractivity contribution < 1.29 is 14.9 Å². The van der Waals surface area contributed by atoms with Gasteiger partial charge in [0.05, 0.1) is 13.2 Å². The zero-order valence-corrected chi connectivity index (χ0v) is 19.6. The molecule has 1 rings (SSSR count). The van der Waals surface area contributed by atoms with Crippen molar-refractivity contribution in [2.75, 3.05) is 19.8 Å². The molecule has 0 aromatic heterocycles. The molecule has 0 aliphatic heterocycles. The van der Waals surface area contributed by atoms with Gasteiger partial charge in [-0.1, -0.05) is 116 Å². The molecule has 1 fully saturated rings. The maximum absolute atomic E-state index is 8.92. The van der Waals surface area contributed by atoms with Crippen molar-refractivity contribution in [1.82, 2.24) is 0 Å². The van der Waals surface area contributed by atoms with Crippen LogP contribution in [0.2, 0.25) is 0 Å². The van der Waals surface area contributed by atoms with Gasteiger partial charge >= 0.3 is 0 Å². The van der Waals surface area contributed by atoms with Crippen molar-refractivity contribution >= 4 is 0 Å². The summed E-state index contributed by atoms with van der Waals surface area (Å²) in [4.78, 5) is 0. The van der Waals surface area contributed by atoms with Gasteiger partial charge in [-0.25, -0.2) is 0 Å². The van der Waals surface area contributed by atoms with E-state index in [9.17, 15) is 0 Å². The highest BCUT2D eigenvalue weighted by molar-refractivity contribution is 4.85. The van der Waals surface area contributed by atoms with Crippen molar-refractivity contribution in [1.29, 1.82) is 0 Å². The van der Waals surface area contributed by atoms with Gasteiger partial charge in [-0.05, 0) is 24.7 Å². The normalized spacial score (nSPS) is 18.6. The van der Waals surface area contributed by atoms with Crippen LogP contribution in [0, 0.1) is 11.8 Å². The standard InChI is InChI=1S/C26H52O3/c1-2-3-4-5-12-15-18-24-21-25(24)19-16-13-10-8-6-7-9-11-14-17-20-29-26(22-27)23-28/h24-28H,2-23H2,1H3/t24-,25+/m0/s1. The first-order valence-electron chi connectivity index (χ1n) is 13.1. The Morgan fingerprint density at radius 2 is 1.03 bits per heavy atom. The lowest BCUT2D eigenvalue weighted by molar-refractivity contribution is -0.0208. The van der Waals surface area contributed by atoms with Crippen molar-refractivity contribution in [3.05, 3.63) is 0 Å². The van der Waals surface area contributed by atoms with E-state index in [1.807, 2.05) is 0 Å². The number of aliphatic hydroxyl groups excluding tert-OH is 2. The van der Waals surface area contributed by atoms with E-state index in [1.54, 1.807) is 6.42 Å². The monoisotopic (exact) mass is 412 g/mol. The van der Waals surface area contributed by atoms with Crippen LogP contribution >= 0.6 is 0 Å². The van der Waals surface area contributed by atoms with Crippen LogP contribution in [0.25, 0.3) is 0 Å². The lowest BCUT2D eigenvalue weighted by Gasteiger charge is -2.11. The Hall–Kier alpha value is -0.120. The number of rotatable bonds is 23. The number of hydrogen-bond acceptors (Lipinski definition) is 3. The third kappa shape index (κ3) is 16.3. The molecule has 3 heteroatoms. The fraction of sp³-hybridized carbons (Fsp3) is 1.00. The molecule has 0 saturated heterocycles. The second-order valence-corrected chi connectivity index (χ2v) is 9.49. The molecule has 0 amide bonds. The summed E-state index contributed by atoms with van der Waals surface area (Å²) in [7, 11) is 0. The van der Waals surface area contributed by atoms with E-state index in [4.69, 9.17) is 14.9 Å². The third-order valence-electron chi connectivity index (χ3n) is 6.73. The van der Waals surface area contributed by atoms with Crippen molar-refractivity contribution in [2.24, 2.45) is 11.8 Å². The molecular weight excluding hydrogens is 360 g/mol. The minimum Gasteiger partial charge on any atom is -0.394 e. The Morgan fingerprint density at radius 3 is 1.48 bits per heavy atom. The predicted octanol–water partition coefficient (Wildman–Crippen LogP) is 7.03. The zero-order valence-electron chi connectivity index (χ0n) is 19.6. The van der Waals surface area contributed by atoms with Gasteiger partial charge in [-0.3, -0.25) is 0 Å². The van der Waals surface area contributed by atoms with Crippen LogP contribution in [0.4, 0.5) is 0 Å². The van der Waals surface area contributed by atoms with Crippen molar-refractivity contribution in [2.45, 2.75) is 135 Å². The summed E-state index contributed by atoms with van der Waals surface area (Å²) in [5.74, 6) is 2.20. The second kappa shape index (κ2) is 19.8. The molecule has 0 radical (unpaired) electrons. The number of hydrogen-bond donors (Lipinski definition) is 2. The summed E-state index contributed by atoms with van der Waals surface area (Å²) in [5, 5.41) is 17.8. The van der Waals surface area contributed by atoms with Gasteiger partial charge in [-0.15, -0.1) is 0 Å². The molecule has 0 aromatic carbocycles. The molecule has 3 nitrogen and oxygen atoms in total. The quantitative estimate of drug-likeness (QED) is 0.177. The Kier molecular flexibility index (Phi) is 18.4. The average molecular weight is 413 g/mol. The van der Waals surface area contributed by atoms with Gasteiger partial charge in [0.1, 0.15) is 6.10 Å². The van der Waals surface area contributed by atoms with Crippen LogP contribution in [-0.4, -0.2) is 36.1 Å². The van der Waals surface area contributed by atoms with E-state index < -0.39 is 0 Å². The first-order chi connectivity index (χ1) is 14.3. The summed E-state index contributed by atoms with van der Waals surface area (Å²) >= 11 is 0. The molecule has 1 aliphatic carbocycles. The fourth-order valence-corrected chi connectivity index (χ4v) is 4.54. The molecule has 2 atom stereocenters. The van der Waals surface area contributed by atoms with Crippen molar-refractivity contribution in [3.63, 3.8) is 0 Å². The molecule has 0 spiro atoms. The largest absolute Gasteiger partial charge is 0.394 e. The highest BCUT2D eigenvalue weighted by Gasteiger charge is 2.34. The van der Waals surface area contributed by atoms with Crippen LogP contribution < -0.4 is 0 Å². The van der Waals surface area contributed by atoms with Gasteiger partial charge in [-0.2, -0.15) is 0 Å². The smallest absolute Gasteiger partial charge is 0.104 e. The average Bonchev–Trinajstić information content (AvgIpc) is 3.49. The molecule has 0 heterocycles. The summed E-state index contributed by atoms with van der Waals surface area (Å²) in [6.45, 7) is 2.78. The lowest BCUT2D eigenvalue weighted by atomic mass is 10.0. The van der Waals surface area contributed by atoms with Crippen LogP contribution in [0.1, 0.15) is 129 Å². The van der Waals surface area contributed by atoms with E-state index in [0.29, 0.717) is 6.61 Å². The zero-order chi connectivity index (χ0) is 21.0. The Labute approximate surface area is 182 Å². The molecule has 29 heavy (non-hydrogen) atoms. The highest BCUT2D eigenvalue weighted by atomic mass is 16.5. The molecule has 174 valence electrons. The van der Waals surface area contributed by atoms with E-state index in [-0.39, 0.29) is 19.3 Å². The Balaban J connectivity index is 1.71. The van der Waals surface area contributed by atoms with E-state index in [2.05, 4.69) is 6.92 Å². The third-order valence-corrected chi connectivity index (χ3v) is 6.73.